The second kappa shape index (κ2) is 12.0. The third-order valence-corrected chi connectivity index (χ3v) is 6.38. The first kappa shape index (κ1) is 24.9. The molecule has 4 aromatic rings. The Bertz CT molecular complexity index is 1150. The van der Waals surface area contributed by atoms with E-state index < -0.39 is 5.54 Å². The van der Waals surface area contributed by atoms with Crippen molar-refractivity contribution in [3.8, 4) is 0 Å². The van der Waals surface area contributed by atoms with E-state index in [9.17, 15) is 9.59 Å². The molecule has 182 valence electrons. The Morgan fingerprint density at radius 1 is 0.694 bits per heavy atom. The number of carbonyl (C=O) groups excluding carboxylic acids is 2. The van der Waals surface area contributed by atoms with Gasteiger partial charge in [-0.1, -0.05) is 128 Å². The van der Waals surface area contributed by atoms with Gasteiger partial charge in [-0.15, -0.1) is 0 Å². The molecule has 4 nitrogen and oxygen atoms in total. The monoisotopic (exact) mass is 477 g/mol. The van der Waals surface area contributed by atoms with Gasteiger partial charge in [0, 0.05) is 6.42 Å². The fourth-order valence-electron chi connectivity index (χ4n) is 4.39. The van der Waals surface area contributed by atoms with Gasteiger partial charge in [0.2, 0.25) is 5.91 Å². The van der Waals surface area contributed by atoms with Crippen molar-refractivity contribution in [2.75, 3.05) is 0 Å². The third kappa shape index (κ3) is 5.89. The van der Waals surface area contributed by atoms with E-state index in [2.05, 4.69) is 5.32 Å². The topological polar surface area (TPSA) is 55.4 Å². The van der Waals surface area contributed by atoms with E-state index in [1.165, 1.54) is 0 Å². The number of hydrogen-bond donors (Lipinski definition) is 1. The number of hydrogen-bond acceptors (Lipinski definition) is 3. The number of carbonyl (C=O) groups is 2. The summed E-state index contributed by atoms with van der Waals surface area (Å²) in [6.07, 6.45) is 0.601. The molecule has 1 atom stereocenters. The van der Waals surface area contributed by atoms with E-state index in [-0.39, 0.29) is 30.8 Å². The van der Waals surface area contributed by atoms with Crippen molar-refractivity contribution >= 4 is 11.9 Å². The minimum atomic E-state index is -0.863. The number of benzene rings is 4. The van der Waals surface area contributed by atoms with Gasteiger partial charge >= 0.3 is 5.97 Å². The lowest BCUT2D eigenvalue weighted by Gasteiger charge is -2.37. The van der Waals surface area contributed by atoms with Crippen LogP contribution < -0.4 is 5.32 Å². The molecule has 0 heterocycles. The summed E-state index contributed by atoms with van der Waals surface area (Å²) in [6.45, 7) is 2.04. The molecule has 1 N–H and O–H groups in total. The quantitative estimate of drug-likeness (QED) is 0.217. The first-order valence-corrected chi connectivity index (χ1v) is 12.3. The van der Waals surface area contributed by atoms with E-state index in [1.54, 1.807) is 6.92 Å². The minimum absolute atomic E-state index is 0.130. The molecule has 0 unspecified atom stereocenters. The van der Waals surface area contributed by atoms with Gasteiger partial charge in [0.25, 0.3) is 0 Å². The van der Waals surface area contributed by atoms with E-state index in [0.717, 1.165) is 22.3 Å². The molecule has 0 bridgehead atoms. The summed E-state index contributed by atoms with van der Waals surface area (Å²) in [4.78, 5) is 25.9. The lowest BCUT2D eigenvalue weighted by Crippen LogP contribution is -2.47. The molecule has 0 aliphatic heterocycles. The summed E-state index contributed by atoms with van der Waals surface area (Å²) < 4.78 is 5.46. The zero-order valence-electron chi connectivity index (χ0n) is 20.5. The SMILES string of the molecule is C[C@@H](CCC(=O)NC(c1ccccc1)(c1ccccc1)c1ccccc1)C(=O)OCc1ccccc1. The third-order valence-electron chi connectivity index (χ3n) is 6.38. The van der Waals surface area contributed by atoms with Crippen LogP contribution in [0, 0.1) is 5.92 Å². The summed E-state index contributed by atoms with van der Waals surface area (Å²) >= 11 is 0. The lowest BCUT2D eigenvalue weighted by molar-refractivity contribution is -0.149. The summed E-state index contributed by atoms with van der Waals surface area (Å²) in [5, 5.41) is 3.34. The molecule has 1 amide bonds. The Kier molecular flexibility index (Phi) is 8.30. The van der Waals surface area contributed by atoms with Crippen LogP contribution in [-0.4, -0.2) is 11.9 Å². The van der Waals surface area contributed by atoms with Gasteiger partial charge in [-0.2, -0.15) is 0 Å². The van der Waals surface area contributed by atoms with Crippen LogP contribution >= 0.6 is 0 Å². The Hall–Kier alpha value is -4.18. The lowest BCUT2D eigenvalue weighted by atomic mass is 9.77. The first-order chi connectivity index (χ1) is 17.6. The van der Waals surface area contributed by atoms with Crippen LogP contribution in [0.15, 0.2) is 121 Å². The van der Waals surface area contributed by atoms with Gasteiger partial charge in [0.1, 0.15) is 12.1 Å². The van der Waals surface area contributed by atoms with Crippen LogP contribution in [0.3, 0.4) is 0 Å². The molecule has 0 radical (unpaired) electrons. The van der Waals surface area contributed by atoms with E-state index in [4.69, 9.17) is 4.74 Å². The molecule has 0 aliphatic rings. The highest BCUT2D eigenvalue weighted by atomic mass is 16.5. The van der Waals surface area contributed by atoms with Gasteiger partial charge in [-0.25, -0.2) is 0 Å². The van der Waals surface area contributed by atoms with E-state index in [1.807, 2.05) is 121 Å². The zero-order chi connectivity index (χ0) is 25.2. The highest BCUT2D eigenvalue weighted by Crippen LogP contribution is 2.37. The van der Waals surface area contributed by atoms with Crippen molar-refractivity contribution in [2.24, 2.45) is 5.92 Å². The molecule has 36 heavy (non-hydrogen) atoms. The molecule has 0 aromatic heterocycles. The Morgan fingerprint density at radius 3 is 1.56 bits per heavy atom. The Morgan fingerprint density at radius 2 is 1.11 bits per heavy atom. The van der Waals surface area contributed by atoms with Crippen LogP contribution in [0.25, 0.3) is 0 Å². The molecular formula is C32H31NO3. The average Bonchev–Trinajstić information content (AvgIpc) is 2.95. The van der Waals surface area contributed by atoms with Crippen molar-refractivity contribution in [1.29, 1.82) is 0 Å². The zero-order valence-corrected chi connectivity index (χ0v) is 20.5. The highest BCUT2D eigenvalue weighted by molar-refractivity contribution is 5.80. The molecule has 0 fully saturated rings. The highest BCUT2D eigenvalue weighted by Gasteiger charge is 2.37. The van der Waals surface area contributed by atoms with Gasteiger partial charge in [0.05, 0.1) is 5.92 Å². The molecule has 0 saturated carbocycles. The molecular weight excluding hydrogens is 446 g/mol. The maximum atomic E-state index is 13.4. The second-order valence-electron chi connectivity index (χ2n) is 8.93. The summed E-state index contributed by atoms with van der Waals surface area (Å²) in [5.74, 6) is -0.819. The van der Waals surface area contributed by atoms with Crippen LogP contribution in [0.5, 0.6) is 0 Å². The maximum absolute atomic E-state index is 13.4. The molecule has 0 aliphatic carbocycles. The number of ether oxygens (including phenoxy) is 1. The predicted octanol–water partition coefficient (Wildman–Crippen LogP) is 6.25. The minimum Gasteiger partial charge on any atom is -0.461 e. The standard InChI is InChI=1S/C32H31NO3/c1-25(31(35)36-24-26-14-6-2-7-15-26)22-23-30(34)33-32(27-16-8-3-9-17-27,28-18-10-4-11-19-28)29-20-12-5-13-21-29/h2-21,25H,22-24H2,1H3,(H,33,34)/t25-/m0/s1. The average molecular weight is 478 g/mol. The number of rotatable bonds is 10. The summed E-state index contributed by atoms with van der Waals surface area (Å²) in [5.41, 5.74) is 2.97. The Labute approximate surface area is 213 Å². The normalized spacial score (nSPS) is 11.9. The van der Waals surface area contributed by atoms with Crippen molar-refractivity contribution < 1.29 is 14.3 Å². The van der Waals surface area contributed by atoms with E-state index >= 15 is 0 Å². The van der Waals surface area contributed by atoms with Crippen molar-refractivity contribution in [2.45, 2.75) is 31.9 Å². The van der Waals surface area contributed by atoms with Crippen LogP contribution in [0.1, 0.15) is 42.0 Å². The van der Waals surface area contributed by atoms with E-state index in [0.29, 0.717) is 6.42 Å². The molecule has 0 spiro atoms. The first-order valence-electron chi connectivity index (χ1n) is 12.3. The molecule has 4 heteroatoms. The van der Waals surface area contributed by atoms with Crippen LogP contribution in [0.2, 0.25) is 0 Å². The molecule has 0 saturated heterocycles. The molecule has 4 aromatic carbocycles. The second-order valence-corrected chi connectivity index (χ2v) is 8.93. The molecule has 4 rings (SSSR count). The fraction of sp³-hybridized carbons (Fsp3) is 0.188. The number of amides is 1. The van der Waals surface area contributed by atoms with Gasteiger partial charge in [-0.05, 0) is 28.7 Å². The number of nitrogens with one attached hydrogen (secondary N) is 1. The smallest absolute Gasteiger partial charge is 0.308 e. The van der Waals surface area contributed by atoms with Crippen LogP contribution in [0.4, 0.5) is 0 Å². The van der Waals surface area contributed by atoms with Gasteiger partial charge < -0.3 is 10.1 Å². The van der Waals surface area contributed by atoms with Crippen molar-refractivity contribution in [1.82, 2.24) is 5.32 Å². The van der Waals surface area contributed by atoms with Gasteiger partial charge in [-0.3, -0.25) is 9.59 Å². The van der Waals surface area contributed by atoms with Crippen LogP contribution in [-0.2, 0) is 26.5 Å². The maximum Gasteiger partial charge on any atom is 0.308 e. The predicted molar refractivity (Wildman–Crippen MR) is 142 cm³/mol. The van der Waals surface area contributed by atoms with Gasteiger partial charge in [0.15, 0.2) is 0 Å². The van der Waals surface area contributed by atoms with Crippen molar-refractivity contribution in [3.05, 3.63) is 144 Å². The largest absolute Gasteiger partial charge is 0.461 e. The number of esters is 1. The summed E-state index contributed by atoms with van der Waals surface area (Å²) in [7, 11) is 0. The van der Waals surface area contributed by atoms with Crippen molar-refractivity contribution in [3.63, 3.8) is 0 Å². The fourth-order valence-corrected chi connectivity index (χ4v) is 4.39. The Balaban J connectivity index is 1.52. The summed E-state index contributed by atoms with van der Waals surface area (Å²) in [6, 6.07) is 39.5.